The van der Waals surface area contributed by atoms with Crippen molar-refractivity contribution in [1.29, 1.82) is 0 Å². The van der Waals surface area contributed by atoms with Crippen LogP contribution in [0.5, 0.6) is 11.5 Å². The highest BCUT2D eigenvalue weighted by molar-refractivity contribution is 5.96. The number of hydrogen-bond donors (Lipinski definition) is 1. The predicted molar refractivity (Wildman–Crippen MR) is 120 cm³/mol. The molecule has 1 fully saturated rings. The van der Waals surface area contributed by atoms with Gasteiger partial charge in [-0.25, -0.2) is 0 Å². The first-order chi connectivity index (χ1) is 14.0. The molecule has 0 atom stereocenters. The van der Waals surface area contributed by atoms with E-state index >= 15 is 0 Å². The van der Waals surface area contributed by atoms with Crippen molar-refractivity contribution in [3.63, 3.8) is 0 Å². The van der Waals surface area contributed by atoms with Crippen molar-refractivity contribution in [1.82, 2.24) is 9.88 Å². The molecule has 0 saturated carbocycles. The summed E-state index contributed by atoms with van der Waals surface area (Å²) in [5.74, 6) is 1.59. The molecule has 2 aliphatic rings. The first-order valence-corrected chi connectivity index (χ1v) is 11.2. The van der Waals surface area contributed by atoms with E-state index in [-0.39, 0.29) is 5.41 Å². The van der Waals surface area contributed by atoms with Crippen LogP contribution in [-0.4, -0.2) is 49.8 Å². The maximum Gasteiger partial charge on any atom is 0.163 e. The molecule has 1 saturated heterocycles. The standard InChI is InChI=1S/C24H35N3O2/c1-5-25-23-17-15-20(28-4)21(29-14-8-13-27-11-6-7-12-27)16-19(17)26-18-9-10-24(2,3)22(18)23/h15-16H,5-14H2,1-4H3,(H,25,26). The van der Waals surface area contributed by atoms with Gasteiger partial charge in [0.25, 0.3) is 0 Å². The number of ether oxygens (including phenoxy) is 2. The predicted octanol–water partition coefficient (Wildman–Crippen LogP) is 4.76. The Balaban J connectivity index is 1.62. The molecule has 1 aliphatic carbocycles. The highest BCUT2D eigenvalue weighted by Crippen LogP contribution is 2.46. The number of pyridine rings is 1. The molecule has 0 bridgehead atoms. The number of likely N-dealkylation sites (tertiary alicyclic amines) is 1. The van der Waals surface area contributed by atoms with E-state index < -0.39 is 0 Å². The summed E-state index contributed by atoms with van der Waals surface area (Å²) in [6.07, 6.45) is 5.88. The van der Waals surface area contributed by atoms with Gasteiger partial charge in [0.15, 0.2) is 11.5 Å². The Morgan fingerprint density at radius 2 is 1.97 bits per heavy atom. The van der Waals surface area contributed by atoms with Gasteiger partial charge in [0.2, 0.25) is 0 Å². The van der Waals surface area contributed by atoms with Crippen molar-refractivity contribution < 1.29 is 9.47 Å². The average molecular weight is 398 g/mol. The lowest BCUT2D eigenvalue weighted by molar-refractivity contribution is 0.254. The van der Waals surface area contributed by atoms with Crippen LogP contribution in [0.3, 0.4) is 0 Å². The van der Waals surface area contributed by atoms with E-state index in [0.717, 1.165) is 54.8 Å². The van der Waals surface area contributed by atoms with Crippen LogP contribution in [0.25, 0.3) is 10.9 Å². The van der Waals surface area contributed by atoms with Gasteiger partial charge in [0, 0.05) is 41.5 Å². The van der Waals surface area contributed by atoms with Crippen molar-refractivity contribution in [2.24, 2.45) is 0 Å². The Bertz CT molecular complexity index is 872. The molecule has 0 radical (unpaired) electrons. The maximum absolute atomic E-state index is 6.14. The number of hydrogen-bond acceptors (Lipinski definition) is 5. The van der Waals surface area contributed by atoms with Gasteiger partial charge in [0.05, 0.1) is 19.2 Å². The second-order valence-corrected chi connectivity index (χ2v) is 8.99. The Labute approximate surface area is 174 Å². The van der Waals surface area contributed by atoms with Crippen molar-refractivity contribution in [3.05, 3.63) is 23.4 Å². The Kier molecular flexibility index (Phi) is 5.86. The zero-order valence-corrected chi connectivity index (χ0v) is 18.4. The fraction of sp³-hybridized carbons (Fsp3) is 0.625. The summed E-state index contributed by atoms with van der Waals surface area (Å²) in [6, 6.07) is 4.17. The van der Waals surface area contributed by atoms with E-state index in [2.05, 4.69) is 43.1 Å². The molecule has 4 rings (SSSR count). The highest BCUT2D eigenvalue weighted by Gasteiger charge is 2.34. The number of benzene rings is 1. The third-order valence-electron chi connectivity index (χ3n) is 6.44. The molecular formula is C24H35N3O2. The molecule has 0 unspecified atom stereocenters. The summed E-state index contributed by atoms with van der Waals surface area (Å²) < 4.78 is 11.8. The lowest BCUT2D eigenvalue weighted by Crippen LogP contribution is -2.22. The van der Waals surface area contributed by atoms with Gasteiger partial charge in [-0.3, -0.25) is 4.98 Å². The molecule has 29 heavy (non-hydrogen) atoms. The lowest BCUT2D eigenvalue weighted by atomic mass is 9.85. The molecule has 5 nitrogen and oxygen atoms in total. The van der Waals surface area contributed by atoms with Gasteiger partial charge in [0.1, 0.15) is 0 Å². The average Bonchev–Trinajstić information content (AvgIpc) is 3.32. The minimum absolute atomic E-state index is 0.145. The first kappa shape index (κ1) is 20.3. The van der Waals surface area contributed by atoms with Crippen LogP contribution in [0.2, 0.25) is 0 Å². The van der Waals surface area contributed by atoms with Crippen LogP contribution < -0.4 is 14.8 Å². The van der Waals surface area contributed by atoms with Gasteiger partial charge < -0.3 is 19.7 Å². The number of fused-ring (bicyclic) bond motifs is 2. The summed E-state index contributed by atoms with van der Waals surface area (Å²) in [4.78, 5) is 7.56. The molecule has 2 heterocycles. The van der Waals surface area contributed by atoms with Gasteiger partial charge in [-0.1, -0.05) is 13.8 Å². The van der Waals surface area contributed by atoms with E-state index in [1.165, 1.54) is 42.9 Å². The molecule has 1 aromatic heterocycles. The van der Waals surface area contributed by atoms with Crippen LogP contribution >= 0.6 is 0 Å². The number of aromatic nitrogens is 1. The zero-order chi connectivity index (χ0) is 20.4. The Morgan fingerprint density at radius 3 is 2.69 bits per heavy atom. The SMILES string of the molecule is CCNc1c2c(nc3cc(OCCCN4CCCC4)c(OC)cc13)CCC2(C)C. The number of rotatable bonds is 8. The van der Waals surface area contributed by atoms with E-state index in [1.54, 1.807) is 7.11 Å². The highest BCUT2D eigenvalue weighted by atomic mass is 16.5. The molecule has 0 spiro atoms. The number of anilines is 1. The minimum Gasteiger partial charge on any atom is -0.493 e. The summed E-state index contributed by atoms with van der Waals surface area (Å²) in [6.45, 7) is 12.0. The van der Waals surface area contributed by atoms with E-state index in [1.807, 2.05) is 0 Å². The van der Waals surface area contributed by atoms with Crippen molar-refractivity contribution >= 4 is 16.6 Å². The van der Waals surface area contributed by atoms with Crippen LogP contribution in [-0.2, 0) is 11.8 Å². The van der Waals surface area contributed by atoms with Gasteiger partial charge >= 0.3 is 0 Å². The molecule has 158 valence electrons. The third-order valence-corrected chi connectivity index (χ3v) is 6.44. The van der Waals surface area contributed by atoms with E-state index in [4.69, 9.17) is 14.5 Å². The van der Waals surface area contributed by atoms with Crippen molar-refractivity contribution in [3.8, 4) is 11.5 Å². The number of methoxy groups -OCH3 is 1. The minimum atomic E-state index is 0.145. The van der Waals surface area contributed by atoms with Gasteiger partial charge in [-0.15, -0.1) is 0 Å². The first-order valence-electron chi connectivity index (χ1n) is 11.2. The maximum atomic E-state index is 6.14. The van der Waals surface area contributed by atoms with Crippen LogP contribution in [0, 0.1) is 0 Å². The fourth-order valence-electron chi connectivity index (χ4n) is 4.90. The third kappa shape index (κ3) is 4.02. The number of aryl methyl sites for hydroxylation is 1. The van der Waals surface area contributed by atoms with Crippen LogP contribution in [0.1, 0.15) is 57.7 Å². The van der Waals surface area contributed by atoms with Gasteiger partial charge in [-0.2, -0.15) is 0 Å². The van der Waals surface area contributed by atoms with E-state index in [9.17, 15) is 0 Å². The molecule has 5 heteroatoms. The smallest absolute Gasteiger partial charge is 0.163 e. The van der Waals surface area contributed by atoms with Crippen LogP contribution in [0.15, 0.2) is 12.1 Å². The normalized spacial score (nSPS) is 18.2. The summed E-state index contributed by atoms with van der Waals surface area (Å²) >= 11 is 0. The number of nitrogens with one attached hydrogen (secondary N) is 1. The van der Waals surface area contributed by atoms with Gasteiger partial charge in [-0.05, 0) is 63.6 Å². The quantitative estimate of drug-likeness (QED) is 0.651. The molecule has 1 aliphatic heterocycles. The molecule has 2 aromatic rings. The second kappa shape index (κ2) is 8.39. The Morgan fingerprint density at radius 1 is 1.17 bits per heavy atom. The van der Waals surface area contributed by atoms with Crippen molar-refractivity contribution in [2.75, 3.05) is 45.2 Å². The summed E-state index contributed by atoms with van der Waals surface area (Å²) in [5.41, 5.74) is 4.95. The summed E-state index contributed by atoms with van der Waals surface area (Å²) in [5, 5.41) is 4.75. The molecule has 1 N–H and O–H groups in total. The molecule has 1 aromatic carbocycles. The zero-order valence-electron chi connectivity index (χ0n) is 18.4. The fourth-order valence-corrected chi connectivity index (χ4v) is 4.90. The second-order valence-electron chi connectivity index (χ2n) is 8.99. The largest absolute Gasteiger partial charge is 0.493 e. The van der Waals surface area contributed by atoms with E-state index in [0.29, 0.717) is 6.61 Å². The van der Waals surface area contributed by atoms with Crippen LogP contribution in [0.4, 0.5) is 5.69 Å². The number of nitrogens with zero attached hydrogens (tertiary/aromatic N) is 2. The molecule has 0 amide bonds. The lowest BCUT2D eigenvalue weighted by Gasteiger charge is -2.24. The van der Waals surface area contributed by atoms with Crippen molar-refractivity contribution in [2.45, 2.75) is 58.3 Å². The topological polar surface area (TPSA) is 46.6 Å². The Hall–Kier alpha value is -2.01. The monoisotopic (exact) mass is 397 g/mol. The molecular weight excluding hydrogens is 362 g/mol. The summed E-state index contributed by atoms with van der Waals surface area (Å²) in [7, 11) is 1.72.